The van der Waals surface area contributed by atoms with E-state index in [0.717, 1.165) is 49.2 Å². The van der Waals surface area contributed by atoms with Crippen molar-refractivity contribution in [1.29, 1.82) is 0 Å². The van der Waals surface area contributed by atoms with Crippen molar-refractivity contribution in [1.82, 2.24) is 15.0 Å². The number of hydrogen-bond donors (Lipinski definition) is 1. The Morgan fingerprint density at radius 2 is 2.15 bits per heavy atom. The molecule has 2 saturated heterocycles. The largest absolute Gasteiger partial charge is 0.376 e. The number of anilines is 2. The SMILES string of the molecule is CC(C)[C@@H]1OCCC[C@H]1Nc1cc(N2CCO[C@H](c3nccs3)C2)ncn1. The summed E-state index contributed by atoms with van der Waals surface area (Å²) in [5, 5.41) is 6.59. The summed E-state index contributed by atoms with van der Waals surface area (Å²) >= 11 is 1.63. The lowest BCUT2D eigenvalue weighted by Crippen LogP contribution is -2.43. The highest BCUT2D eigenvalue weighted by Crippen LogP contribution is 2.28. The number of hydrogen-bond acceptors (Lipinski definition) is 8. The zero-order valence-corrected chi connectivity index (χ0v) is 16.7. The molecule has 0 bridgehead atoms. The Labute approximate surface area is 164 Å². The Morgan fingerprint density at radius 3 is 2.96 bits per heavy atom. The quantitative estimate of drug-likeness (QED) is 0.842. The minimum atomic E-state index is 0.00203. The number of thiazole rings is 1. The molecule has 0 aromatic carbocycles. The van der Waals surface area contributed by atoms with Crippen LogP contribution in [0.4, 0.5) is 11.6 Å². The van der Waals surface area contributed by atoms with Crippen molar-refractivity contribution in [2.75, 3.05) is 36.5 Å². The number of nitrogens with one attached hydrogen (secondary N) is 1. The Morgan fingerprint density at radius 1 is 1.22 bits per heavy atom. The predicted octanol–water partition coefficient (Wildman–Crippen LogP) is 3.13. The van der Waals surface area contributed by atoms with Gasteiger partial charge in [-0.3, -0.25) is 0 Å². The van der Waals surface area contributed by atoms with E-state index in [4.69, 9.17) is 9.47 Å². The van der Waals surface area contributed by atoms with Crippen molar-refractivity contribution in [3.8, 4) is 0 Å². The van der Waals surface area contributed by atoms with Crippen LogP contribution in [0.2, 0.25) is 0 Å². The van der Waals surface area contributed by atoms with Crippen LogP contribution in [0.5, 0.6) is 0 Å². The van der Waals surface area contributed by atoms with Crippen LogP contribution in [0, 0.1) is 5.92 Å². The van der Waals surface area contributed by atoms with E-state index in [-0.39, 0.29) is 18.2 Å². The van der Waals surface area contributed by atoms with Crippen LogP contribution in [0.1, 0.15) is 37.8 Å². The molecular formula is C19H27N5O2S. The first-order valence-electron chi connectivity index (χ1n) is 9.67. The monoisotopic (exact) mass is 389 g/mol. The zero-order chi connectivity index (χ0) is 18.6. The molecule has 2 fully saturated rings. The van der Waals surface area contributed by atoms with E-state index in [1.54, 1.807) is 17.7 Å². The highest BCUT2D eigenvalue weighted by atomic mass is 32.1. The van der Waals surface area contributed by atoms with E-state index in [2.05, 4.69) is 39.0 Å². The van der Waals surface area contributed by atoms with Gasteiger partial charge in [-0.2, -0.15) is 0 Å². The maximum atomic E-state index is 5.99. The van der Waals surface area contributed by atoms with Crippen LogP contribution in [0.3, 0.4) is 0 Å². The van der Waals surface area contributed by atoms with Crippen molar-refractivity contribution in [2.45, 2.75) is 44.9 Å². The summed E-state index contributed by atoms with van der Waals surface area (Å²) in [6.07, 6.45) is 5.87. The lowest BCUT2D eigenvalue weighted by atomic mass is 9.94. The van der Waals surface area contributed by atoms with E-state index >= 15 is 0 Å². The number of morpholine rings is 1. The lowest BCUT2D eigenvalue weighted by molar-refractivity contribution is -0.0203. The van der Waals surface area contributed by atoms with Gasteiger partial charge < -0.3 is 19.7 Å². The first kappa shape index (κ1) is 18.6. The molecule has 146 valence electrons. The van der Waals surface area contributed by atoms with Gasteiger partial charge in [0.15, 0.2) is 0 Å². The van der Waals surface area contributed by atoms with Crippen LogP contribution in [-0.2, 0) is 9.47 Å². The normalized spacial score (nSPS) is 26.3. The molecule has 0 spiro atoms. The average Bonchev–Trinajstić information content (AvgIpc) is 3.23. The van der Waals surface area contributed by atoms with E-state index in [9.17, 15) is 0 Å². The van der Waals surface area contributed by atoms with Gasteiger partial charge in [0, 0.05) is 30.8 Å². The highest BCUT2D eigenvalue weighted by molar-refractivity contribution is 7.09. The average molecular weight is 390 g/mol. The van der Waals surface area contributed by atoms with Crippen LogP contribution in [0.15, 0.2) is 24.0 Å². The third-order valence-electron chi connectivity index (χ3n) is 5.13. The molecule has 2 aromatic rings. The summed E-state index contributed by atoms with van der Waals surface area (Å²) in [7, 11) is 0. The number of aromatic nitrogens is 3. The van der Waals surface area contributed by atoms with Gasteiger partial charge in [-0.1, -0.05) is 13.8 Å². The zero-order valence-electron chi connectivity index (χ0n) is 15.9. The third kappa shape index (κ3) is 4.39. The molecule has 0 unspecified atom stereocenters. The summed E-state index contributed by atoms with van der Waals surface area (Å²) in [6.45, 7) is 7.51. The molecule has 27 heavy (non-hydrogen) atoms. The predicted molar refractivity (Wildman–Crippen MR) is 106 cm³/mol. The van der Waals surface area contributed by atoms with E-state index < -0.39 is 0 Å². The molecule has 0 saturated carbocycles. The minimum absolute atomic E-state index is 0.00203. The maximum absolute atomic E-state index is 5.99. The number of rotatable bonds is 5. The topological polar surface area (TPSA) is 72.4 Å². The fraction of sp³-hybridized carbons (Fsp3) is 0.632. The lowest BCUT2D eigenvalue weighted by Gasteiger charge is -2.35. The molecule has 4 heterocycles. The number of ether oxygens (including phenoxy) is 2. The van der Waals surface area contributed by atoms with E-state index in [1.165, 1.54) is 0 Å². The molecule has 0 radical (unpaired) electrons. The Bertz CT molecular complexity index is 727. The van der Waals surface area contributed by atoms with Crippen LogP contribution < -0.4 is 10.2 Å². The maximum Gasteiger partial charge on any atom is 0.134 e. The second-order valence-electron chi connectivity index (χ2n) is 7.41. The van der Waals surface area contributed by atoms with Gasteiger partial charge in [0.1, 0.15) is 29.1 Å². The van der Waals surface area contributed by atoms with Gasteiger partial charge in [0.2, 0.25) is 0 Å². The molecule has 0 aliphatic carbocycles. The second kappa shape index (κ2) is 8.50. The summed E-state index contributed by atoms with van der Waals surface area (Å²) < 4.78 is 11.9. The van der Waals surface area contributed by atoms with Crippen molar-refractivity contribution >= 4 is 23.0 Å². The first-order valence-corrected chi connectivity index (χ1v) is 10.5. The molecular weight excluding hydrogens is 362 g/mol. The fourth-order valence-electron chi connectivity index (χ4n) is 3.80. The standard InChI is InChI=1S/C19H27N5O2S/c1-13(2)18-14(4-3-7-26-18)23-16-10-17(22-12-21-16)24-6-8-25-15(11-24)19-20-5-9-27-19/h5,9-10,12-15,18H,3-4,6-8,11H2,1-2H3,(H,21,22,23)/t14-,15+,18+/m1/s1. The Balaban J connectivity index is 1.45. The van der Waals surface area contributed by atoms with E-state index in [1.807, 2.05) is 17.6 Å². The molecule has 1 N–H and O–H groups in total. The fourth-order valence-corrected chi connectivity index (χ4v) is 4.48. The summed E-state index contributed by atoms with van der Waals surface area (Å²) in [6, 6.07) is 2.32. The van der Waals surface area contributed by atoms with Gasteiger partial charge in [0.25, 0.3) is 0 Å². The van der Waals surface area contributed by atoms with Crippen molar-refractivity contribution in [2.24, 2.45) is 5.92 Å². The summed E-state index contributed by atoms with van der Waals surface area (Å²) in [5.41, 5.74) is 0. The van der Waals surface area contributed by atoms with Gasteiger partial charge in [-0.15, -0.1) is 11.3 Å². The van der Waals surface area contributed by atoms with E-state index in [0.29, 0.717) is 12.5 Å². The molecule has 0 amide bonds. The molecule has 4 rings (SSSR count). The Kier molecular flexibility index (Phi) is 5.85. The second-order valence-corrected chi connectivity index (χ2v) is 8.34. The highest BCUT2D eigenvalue weighted by Gasteiger charge is 2.29. The minimum Gasteiger partial charge on any atom is -0.376 e. The summed E-state index contributed by atoms with van der Waals surface area (Å²) in [5.74, 6) is 2.26. The van der Waals surface area contributed by atoms with Crippen LogP contribution in [0.25, 0.3) is 0 Å². The summed E-state index contributed by atoms with van der Waals surface area (Å²) in [4.78, 5) is 15.6. The third-order valence-corrected chi connectivity index (χ3v) is 5.99. The molecule has 3 atom stereocenters. The molecule has 2 aliphatic heterocycles. The van der Waals surface area contributed by atoms with Crippen molar-refractivity contribution in [3.05, 3.63) is 29.0 Å². The molecule has 2 aromatic heterocycles. The number of nitrogens with zero attached hydrogens (tertiary/aromatic N) is 4. The smallest absolute Gasteiger partial charge is 0.134 e. The first-order chi connectivity index (χ1) is 13.2. The molecule has 2 aliphatic rings. The Hall–Kier alpha value is -1.77. The van der Waals surface area contributed by atoms with Gasteiger partial charge in [-0.25, -0.2) is 15.0 Å². The van der Waals surface area contributed by atoms with Gasteiger partial charge in [0.05, 0.1) is 25.3 Å². The van der Waals surface area contributed by atoms with Crippen molar-refractivity contribution < 1.29 is 9.47 Å². The van der Waals surface area contributed by atoms with Crippen molar-refractivity contribution in [3.63, 3.8) is 0 Å². The van der Waals surface area contributed by atoms with Gasteiger partial charge >= 0.3 is 0 Å². The molecule has 8 heteroatoms. The van der Waals surface area contributed by atoms with Gasteiger partial charge in [-0.05, 0) is 18.8 Å². The molecule has 7 nitrogen and oxygen atoms in total. The van der Waals surface area contributed by atoms with Crippen LogP contribution >= 0.6 is 11.3 Å². The van der Waals surface area contributed by atoms with Crippen LogP contribution in [-0.4, -0.2) is 53.4 Å².